The van der Waals surface area contributed by atoms with Crippen LogP contribution in [-0.4, -0.2) is 26.2 Å². The highest BCUT2D eigenvalue weighted by Crippen LogP contribution is 2.14. The molecule has 0 heterocycles. The second-order valence-corrected chi connectivity index (χ2v) is 5.98. The Hall–Kier alpha value is -1.17. The molecule has 0 aliphatic rings. The molecule has 18 heavy (non-hydrogen) atoms. The average molecular weight is 270 g/mol. The Labute approximate surface area is 108 Å². The summed E-state index contributed by atoms with van der Waals surface area (Å²) in [5.41, 5.74) is 1.75. The van der Waals surface area contributed by atoms with Crippen LogP contribution in [0.15, 0.2) is 41.3 Å². The number of rotatable bonds is 6. The molecule has 1 N–H and O–H groups in total. The van der Waals surface area contributed by atoms with Gasteiger partial charge in [-0.05, 0) is 32.4 Å². The lowest BCUT2D eigenvalue weighted by Crippen LogP contribution is -2.19. The van der Waals surface area contributed by atoms with Crippen LogP contribution in [0.3, 0.4) is 0 Å². The largest absolute Gasteiger partial charge is 0.390 e. The van der Waals surface area contributed by atoms with Gasteiger partial charge < -0.3 is 5.11 Å². The molecule has 0 aliphatic carbocycles. The number of hydrogen-bond acceptors (Lipinski definition) is 4. The lowest BCUT2D eigenvalue weighted by molar-refractivity contribution is 0.111. The number of hydrogen-bond donors (Lipinski definition) is 1. The Bertz CT molecular complexity index is 502. The molecule has 1 aromatic carbocycles. The first-order valence-electron chi connectivity index (χ1n) is 5.60. The Morgan fingerprint density at radius 1 is 1.39 bits per heavy atom. The molecule has 5 heteroatoms. The van der Waals surface area contributed by atoms with E-state index < -0.39 is 16.2 Å². The van der Waals surface area contributed by atoms with Crippen LogP contribution < -0.4 is 0 Å². The minimum absolute atomic E-state index is 0.0932. The predicted molar refractivity (Wildman–Crippen MR) is 69.8 cm³/mol. The Morgan fingerprint density at radius 2 is 1.94 bits per heavy atom. The predicted octanol–water partition coefficient (Wildman–Crippen LogP) is 2.03. The van der Waals surface area contributed by atoms with E-state index in [1.165, 1.54) is 12.1 Å². The van der Waals surface area contributed by atoms with Gasteiger partial charge >= 0.3 is 0 Å². The van der Waals surface area contributed by atoms with Crippen LogP contribution in [0.25, 0.3) is 0 Å². The van der Waals surface area contributed by atoms with Crippen LogP contribution in [0, 0.1) is 6.92 Å². The van der Waals surface area contributed by atoms with Gasteiger partial charge in [0.25, 0.3) is 10.1 Å². The molecule has 4 nitrogen and oxygen atoms in total. The summed E-state index contributed by atoms with van der Waals surface area (Å²) in [5, 5.41) is 9.52. The number of aryl methyl sites for hydroxylation is 1. The summed E-state index contributed by atoms with van der Waals surface area (Å²) >= 11 is 0. The van der Waals surface area contributed by atoms with Gasteiger partial charge in [-0.2, -0.15) is 8.42 Å². The minimum Gasteiger partial charge on any atom is -0.390 e. The Kier molecular flexibility index (Phi) is 5.07. The van der Waals surface area contributed by atoms with E-state index in [1.54, 1.807) is 19.1 Å². The smallest absolute Gasteiger partial charge is 0.297 e. The van der Waals surface area contributed by atoms with E-state index in [4.69, 9.17) is 4.18 Å². The maximum Gasteiger partial charge on any atom is 0.297 e. The first-order chi connectivity index (χ1) is 8.31. The van der Waals surface area contributed by atoms with Gasteiger partial charge in [-0.3, -0.25) is 4.18 Å². The molecule has 0 bridgehead atoms. The summed E-state index contributed by atoms with van der Waals surface area (Å²) in [6, 6.07) is 6.35. The Morgan fingerprint density at radius 3 is 2.44 bits per heavy atom. The van der Waals surface area contributed by atoms with Crippen molar-refractivity contribution in [2.75, 3.05) is 6.61 Å². The zero-order valence-corrected chi connectivity index (χ0v) is 11.4. The van der Waals surface area contributed by atoms with Crippen molar-refractivity contribution >= 4 is 10.1 Å². The lowest BCUT2D eigenvalue weighted by Gasteiger charge is -2.11. The molecule has 0 radical (unpaired) electrons. The fourth-order valence-electron chi connectivity index (χ4n) is 1.40. The number of benzene rings is 1. The van der Waals surface area contributed by atoms with E-state index in [-0.39, 0.29) is 11.5 Å². The van der Waals surface area contributed by atoms with Crippen molar-refractivity contribution in [3.05, 3.63) is 42.0 Å². The van der Waals surface area contributed by atoms with E-state index in [0.717, 1.165) is 11.1 Å². The van der Waals surface area contributed by atoms with Crippen LogP contribution in [0.4, 0.5) is 0 Å². The molecule has 0 aliphatic heterocycles. The third kappa shape index (κ3) is 4.60. The second kappa shape index (κ2) is 6.13. The van der Waals surface area contributed by atoms with Gasteiger partial charge in [0.15, 0.2) is 0 Å². The molecule has 0 spiro atoms. The van der Waals surface area contributed by atoms with Gasteiger partial charge in [0.2, 0.25) is 0 Å². The number of aliphatic hydroxyl groups is 1. The first kappa shape index (κ1) is 14.9. The van der Waals surface area contributed by atoms with Gasteiger partial charge in [0, 0.05) is 0 Å². The zero-order valence-electron chi connectivity index (χ0n) is 10.6. The molecule has 0 fully saturated rings. The van der Waals surface area contributed by atoms with Gasteiger partial charge in [-0.15, -0.1) is 6.58 Å². The van der Waals surface area contributed by atoms with E-state index in [1.807, 2.05) is 6.92 Å². The molecule has 1 rings (SSSR count). The standard InChI is InChI=1S/C13H18O4S/c1-10(2)8-12(14)9-17-18(15,16)13-6-4-11(3)5-7-13/h4-7,12,14H,1,8-9H2,2-3H3/t12-/m1/s1. The maximum absolute atomic E-state index is 11.8. The minimum atomic E-state index is -3.80. The quantitative estimate of drug-likeness (QED) is 0.634. The molecule has 100 valence electrons. The fourth-order valence-corrected chi connectivity index (χ4v) is 2.34. The zero-order chi connectivity index (χ0) is 13.8. The van der Waals surface area contributed by atoms with Crippen molar-refractivity contribution in [3.63, 3.8) is 0 Å². The highest BCUT2D eigenvalue weighted by Gasteiger charge is 2.17. The van der Waals surface area contributed by atoms with Crippen molar-refractivity contribution in [1.29, 1.82) is 0 Å². The topological polar surface area (TPSA) is 63.6 Å². The van der Waals surface area contributed by atoms with Gasteiger partial charge in [0.05, 0.1) is 17.6 Å². The van der Waals surface area contributed by atoms with Crippen molar-refractivity contribution < 1.29 is 17.7 Å². The molecule has 0 saturated carbocycles. The van der Waals surface area contributed by atoms with Crippen molar-refractivity contribution in [2.24, 2.45) is 0 Å². The highest BCUT2D eigenvalue weighted by molar-refractivity contribution is 7.86. The van der Waals surface area contributed by atoms with Crippen molar-refractivity contribution in [2.45, 2.75) is 31.3 Å². The Balaban J connectivity index is 2.65. The number of aliphatic hydroxyl groups excluding tert-OH is 1. The first-order valence-corrected chi connectivity index (χ1v) is 7.00. The third-order valence-electron chi connectivity index (χ3n) is 2.31. The van der Waals surface area contributed by atoms with Crippen LogP contribution in [0.1, 0.15) is 18.9 Å². The van der Waals surface area contributed by atoms with Crippen LogP contribution in [0.5, 0.6) is 0 Å². The van der Waals surface area contributed by atoms with Gasteiger partial charge in [0.1, 0.15) is 0 Å². The average Bonchev–Trinajstić information content (AvgIpc) is 2.26. The second-order valence-electron chi connectivity index (χ2n) is 4.37. The van der Waals surface area contributed by atoms with Gasteiger partial charge in [-0.25, -0.2) is 0 Å². The van der Waals surface area contributed by atoms with E-state index in [0.29, 0.717) is 6.42 Å². The monoisotopic (exact) mass is 270 g/mol. The van der Waals surface area contributed by atoms with Crippen LogP contribution in [-0.2, 0) is 14.3 Å². The molecular weight excluding hydrogens is 252 g/mol. The van der Waals surface area contributed by atoms with Gasteiger partial charge in [-0.1, -0.05) is 23.3 Å². The van der Waals surface area contributed by atoms with E-state index in [9.17, 15) is 13.5 Å². The van der Waals surface area contributed by atoms with Crippen molar-refractivity contribution in [1.82, 2.24) is 0 Å². The van der Waals surface area contributed by atoms with Crippen LogP contribution in [0.2, 0.25) is 0 Å². The highest BCUT2D eigenvalue weighted by atomic mass is 32.2. The fraction of sp³-hybridized carbons (Fsp3) is 0.385. The molecule has 0 unspecified atom stereocenters. The molecule has 1 atom stereocenters. The molecular formula is C13H18O4S. The SMILES string of the molecule is C=C(C)C[C@@H](O)COS(=O)(=O)c1ccc(C)cc1. The maximum atomic E-state index is 11.8. The van der Waals surface area contributed by atoms with E-state index in [2.05, 4.69) is 6.58 Å². The normalized spacial score (nSPS) is 13.3. The van der Waals surface area contributed by atoms with Crippen molar-refractivity contribution in [3.8, 4) is 0 Å². The third-order valence-corrected chi connectivity index (χ3v) is 3.61. The molecule has 0 aromatic heterocycles. The van der Waals surface area contributed by atoms with Crippen LogP contribution >= 0.6 is 0 Å². The molecule has 0 amide bonds. The summed E-state index contributed by atoms with van der Waals surface area (Å²) in [6.45, 7) is 7.01. The summed E-state index contributed by atoms with van der Waals surface area (Å²) in [5.74, 6) is 0. The summed E-state index contributed by atoms with van der Waals surface area (Å²) < 4.78 is 28.4. The molecule has 0 saturated heterocycles. The summed E-state index contributed by atoms with van der Waals surface area (Å²) in [7, 11) is -3.80. The lowest BCUT2D eigenvalue weighted by atomic mass is 10.2. The summed E-state index contributed by atoms with van der Waals surface area (Å²) in [4.78, 5) is 0.0932. The summed E-state index contributed by atoms with van der Waals surface area (Å²) in [6.07, 6.45) is -0.536. The molecule has 1 aromatic rings. The van der Waals surface area contributed by atoms with E-state index >= 15 is 0 Å².